The van der Waals surface area contributed by atoms with E-state index in [1.54, 1.807) is 18.5 Å². The highest BCUT2D eigenvalue weighted by Crippen LogP contribution is 2.15. The predicted octanol–water partition coefficient (Wildman–Crippen LogP) is 1.22. The highest BCUT2D eigenvalue weighted by Gasteiger charge is 2.00. The van der Waals surface area contributed by atoms with Gasteiger partial charge in [0.15, 0.2) is 0 Å². The van der Waals surface area contributed by atoms with Crippen molar-refractivity contribution < 1.29 is 9.53 Å². The van der Waals surface area contributed by atoms with E-state index in [1.807, 2.05) is 6.92 Å². The Hall–Kier alpha value is -1.38. The zero-order valence-electron chi connectivity index (χ0n) is 6.99. The highest BCUT2D eigenvalue weighted by atomic mass is 16.5. The van der Waals surface area contributed by atoms with Crippen LogP contribution in [0.15, 0.2) is 18.5 Å². The molecule has 0 saturated carbocycles. The molecule has 0 radical (unpaired) electrons. The van der Waals surface area contributed by atoms with E-state index < -0.39 is 0 Å². The van der Waals surface area contributed by atoms with E-state index in [0.717, 1.165) is 11.8 Å². The summed E-state index contributed by atoms with van der Waals surface area (Å²) in [5.74, 6) is 0.701. The first-order valence-electron chi connectivity index (χ1n) is 3.87. The average molecular weight is 165 g/mol. The molecule has 0 aliphatic heterocycles. The van der Waals surface area contributed by atoms with Crippen LogP contribution in [0.5, 0.6) is 5.75 Å². The lowest BCUT2D eigenvalue weighted by Crippen LogP contribution is -1.97. The van der Waals surface area contributed by atoms with Gasteiger partial charge in [-0.25, -0.2) is 0 Å². The zero-order valence-corrected chi connectivity index (χ0v) is 6.99. The Labute approximate surface area is 71.4 Å². The van der Waals surface area contributed by atoms with E-state index in [1.165, 1.54) is 0 Å². The fourth-order valence-corrected chi connectivity index (χ4v) is 0.953. The number of nitrogens with zero attached hydrogens (tertiary/aromatic N) is 1. The maximum Gasteiger partial charge on any atom is 0.141 e. The zero-order chi connectivity index (χ0) is 8.81. The topological polar surface area (TPSA) is 39.2 Å². The minimum atomic E-state index is 0.387. The van der Waals surface area contributed by atoms with Gasteiger partial charge in [0.25, 0.3) is 0 Å². The molecule has 0 spiro atoms. The van der Waals surface area contributed by atoms with Crippen LogP contribution in [0.2, 0.25) is 0 Å². The summed E-state index contributed by atoms with van der Waals surface area (Å²) in [6.07, 6.45) is 4.53. The molecule has 0 bridgehead atoms. The summed E-state index contributed by atoms with van der Waals surface area (Å²) in [6, 6.07) is 1.79. The number of pyridine rings is 1. The SMILES string of the molecule is CCOc1cnccc1CC=O. The van der Waals surface area contributed by atoms with Gasteiger partial charge in [0, 0.05) is 18.2 Å². The molecule has 0 aliphatic rings. The first-order valence-corrected chi connectivity index (χ1v) is 3.87. The van der Waals surface area contributed by atoms with E-state index in [2.05, 4.69) is 4.98 Å². The molecule has 12 heavy (non-hydrogen) atoms. The Bertz CT molecular complexity index is 260. The summed E-state index contributed by atoms with van der Waals surface area (Å²) in [6.45, 7) is 2.50. The van der Waals surface area contributed by atoms with Gasteiger partial charge >= 0.3 is 0 Å². The molecule has 0 atom stereocenters. The van der Waals surface area contributed by atoms with Crippen LogP contribution in [-0.2, 0) is 11.2 Å². The Morgan fingerprint density at radius 1 is 1.67 bits per heavy atom. The average Bonchev–Trinajstić information content (AvgIpc) is 2.09. The minimum Gasteiger partial charge on any atom is -0.492 e. The lowest BCUT2D eigenvalue weighted by Gasteiger charge is -2.05. The van der Waals surface area contributed by atoms with Gasteiger partial charge in [-0.1, -0.05) is 0 Å². The van der Waals surface area contributed by atoms with Crippen molar-refractivity contribution in [1.82, 2.24) is 4.98 Å². The number of aromatic nitrogens is 1. The van der Waals surface area contributed by atoms with E-state index in [4.69, 9.17) is 4.74 Å². The van der Waals surface area contributed by atoms with Crippen molar-refractivity contribution >= 4 is 6.29 Å². The molecule has 1 aromatic rings. The number of hydrogen-bond acceptors (Lipinski definition) is 3. The maximum absolute atomic E-state index is 10.3. The standard InChI is InChI=1S/C9H11NO2/c1-2-12-9-7-10-5-3-8(9)4-6-11/h3,5-7H,2,4H2,1H3. The van der Waals surface area contributed by atoms with Crippen molar-refractivity contribution in [2.45, 2.75) is 13.3 Å². The smallest absolute Gasteiger partial charge is 0.141 e. The van der Waals surface area contributed by atoms with Crippen LogP contribution in [0.4, 0.5) is 0 Å². The van der Waals surface area contributed by atoms with Crippen molar-refractivity contribution in [2.75, 3.05) is 6.61 Å². The van der Waals surface area contributed by atoms with E-state index in [9.17, 15) is 4.79 Å². The summed E-state index contributed by atoms with van der Waals surface area (Å²) in [7, 11) is 0. The first kappa shape index (κ1) is 8.71. The summed E-state index contributed by atoms with van der Waals surface area (Å²) < 4.78 is 5.27. The third kappa shape index (κ3) is 2.05. The number of carbonyl (C=O) groups excluding carboxylic acids is 1. The number of aldehydes is 1. The molecule has 0 aromatic carbocycles. The van der Waals surface area contributed by atoms with Crippen molar-refractivity contribution in [1.29, 1.82) is 0 Å². The number of ether oxygens (including phenoxy) is 1. The quantitative estimate of drug-likeness (QED) is 0.630. The third-order valence-electron chi connectivity index (χ3n) is 1.47. The third-order valence-corrected chi connectivity index (χ3v) is 1.47. The number of hydrogen-bond donors (Lipinski definition) is 0. The van der Waals surface area contributed by atoms with E-state index in [-0.39, 0.29) is 0 Å². The molecule has 3 nitrogen and oxygen atoms in total. The molecule has 0 fully saturated rings. The molecule has 64 valence electrons. The first-order chi connectivity index (χ1) is 5.88. The highest BCUT2D eigenvalue weighted by molar-refractivity contribution is 5.56. The van der Waals surface area contributed by atoms with Gasteiger partial charge in [-0.05, 0) is 13.0 Å². The van der Waals surface area contributed by atoms with Gasteiger partial charge in [0.1, 0.15) is 12.0 Å². The molecule has 0 N–H and O–H groups in total. The monoisotopic (exact) mass is 165 g/mol. The van der Waals surface area contributed by atoms with Crippen LogP contribution < -0.4 is 4.74 Å². The lowest BCUT2D eigenvalue weighted by molar-refractivity contribution is -0.107. The fraction of sp³-hybridized carbons (Fsp3) is 0.333. The second kappa shape index (κ2) is 4.49. The van der Waals surface area contributed by atoms with Gasteiger partial charge < -0.3 is 9.53 Å². The molecule has 0 aliphatic carbocycles. The number of carbonyl (C=O) groups is 1. The summed E-state index contributed by atoms with van der Waals surface area (Å²) >= 11 is 0. The molecule has 3 heteroatoms. The van der Waals surface area contributed by atoms with Gasteiger partial charge in [-0.15, -0.1) is 0 Å². The molecular weight excluding hydrogens is 154 g/mol. The number of rotatable bonds is 4. The normalized spacial score (nSPS) is 9.42. The van der Waals surface area contributed by atoms with Gasteiger partial charge in [0.05, 0.1) is 12.8 Å². The Kier molecular flexibility index (Phi) is 3.26. The molecule has 1 heterocycles. The van der Waals surface area contributed by atoms with Crippen molar-refractivity contribution in [3.8, 4) is 5.75 Å². The van der Waals surface area contributed by atoms with Crippen molar-refractivity contribution in [3.63, 3.8) is 0 Å². The maximum atomic E-state index is 10.3. The molecule has 1 aromatic heterocycles. The predicted molar refractivity (Wildman–Crippen MR) is 45.2 cm³/mol. The van der Waals surface area contributed by atoms with Crippen LogP contribution >= 0.6 is 0 Å². The van der Waals surface area contributed by atoms with Gasteiger partial charge in [0.2, 0.25) is 0 Å². The summed E-state index contributed by atoms with van der Waals surface area (Å²) in [5, 5.41) is 0. The molecule has 0 amide bonds. The van der Waals surface area contributed by atoms with E-state index in [0.29, 0.717) is 18.8 Å². The Morgan fingerprint density at radius 3 is 3.17 bits per heavy atom. The van der Waals surface area contributed by atoms with Crippen molar-refractivity contribution in [3.05, 3.63) is 24.0 Å². The molecule has 1 rings (SSSR count). The fourth-order valence-electron chi connectivity index (χ4n) is 0.953. The van der Waals surface area contributed by atoms with Crippen molar-refractivity contribution in [2.24, 2.45) is 0 Å². The molecule has 0 unspecified atom stereocenters. The van der Waals surface area contributed by atoms with Crippen LogP contribution in [-0.4, -0.2) is 17.9 Å². The molecular formula is C9H11NO2. The lowest BCUT2D eigenvalue weighted by atomic mass is 10.2. The van der Waals surface area contributed by atoms with Crippen LogP contribution in [0.25, 0.3) is 0 Å². The molecule has 0 saturated heterocycles. The summed E-state index contributed by atoms with van der Waals surface area (Å²) in [5.41, 5.74) is 0.891. The largest absolute Gasteiger partial charge is 0.492 e. The summed E-state index contributed by atoms with van der Waals surface area (Å²) in [4.78, 5) is 14.2. The van der Waals surface area contributed by atoms with E-state index >= 15 is 0 Å². The Balaban J connectivity index is 2.83. The van der Waals surface area contributed by atoms with Gasteiger partial charge in [-0.2, -0.15) is 0 Å². The van der Waals surface area contributed by atoms with Crippen LogP contribution in [0, 0.1) is 0 Å². The second-order valence-electron chi connectivity index (χ2n) is 2.29. The minimum absolute atomic E-state index is 0.387. The van der Waals surface area contributed by atoms with Crippen LogP contribution in [0.1, 0.15) is 12.5 Å². The van der Waals surface area contributed by atoms with Gasteiger partial charge in [-0.3, -0.25) is 4.98 Å². The second-order valence-corrected chi connectivity index (χ2v) is 2.29. The van der Waals surface area contributed by atoms with Crippen LogP contribution in [0.3, 0.4) is 0 Å². The Morgan fingerprint density at radius 2 is 2.50 bits per heavy atom.